The molecule has 1 aliphatic heterocycles. The van der Waals surface area contributed by atoms with Gasteiger partial charge in [0.2, 0.25) is 0 Å². The molecule has 86 valence electrons. The first-order valence-corrected chi connectivity index (χ1v) is 6.68. The monoisotopic (exact) mass is 209 g/mol. The minimum atomic E-state index is 0.373. The van der Waals surface area contributed by atoms with Gasteiger partial charge in [0.15, 0.2) is 0 Å². The summed E-state index contributed by atoms with van der Waals surface area (Å²) >= 11 is 0. The summed E-state index contributed by atoms with van der Waals surface area (Å²) in [6, 6.07) is 0. The van der Waals surface area contributed by atoms with E-state index in [1.54, 1.807) is 0 Å². The molecule has 2 heteroatoms. The molecule has 0 bridgehead atoms. The maximum Gasteiger partial charge on any atom is 0.0674 e. The van der Waals surface area contributed by atoms with Crippen LogP contribution in [0.4, 0.5) is 0 Å². The van der Waals surface area contributed by atoms with Gasteiger partial charge >= 0.3 is 0 Å². The third-order valence-electron chi connectivity index (χ3n) is 5.03. The predicted octanol–water partition coefficient (Wildman–Crippen LogP) is 2.32. The summed E-state index contributed by atoms with van der Waals surface area (Å²) in [5, 5.41) is 0. The summed E-state index contributed by atoms with van der Waals surface area (Å²) in [6.45, 7) is 1.83. The molecule has 1 heterocycles. The third-order valence-corrected chi connectivity index (χ3v) is 5.03. The minimum absolute atomic E-state index is 0.373. The molecule has 3 fully saturated rings. The van der Waals surface area contributed by atoms with Crippen molar-refractivity contribution in [2.75, 3.05) is 13.2 Å². The fourth-order valence-corrected chi connectivity index (χ4v) is 4.01. The van der Waals surface area contributed by atoms with Crippen LogP contribution in [0.15, 0.2) is 0 Å². The molecule has 2 nitrogen and oxygen atoms in total. The van der Waals surface area contributed by atoms with Gasteiger partial charge in [-0.1, -0.05) is 12.8 Å². The summed E-state index contributed by atoms with van der Waals surface area (Å²) in [6.07, 6.45) is 10.2. The second-order valence-corrected chi connectivity index (χ2v) is 5.80. The van der Waals surface area contributed by atoms with Crippen LogP contribution < -0.4 is 5.73 Å². The van der Waals surface area contributed by atoms with Gasteiger partial charge in [-0.15, -0.1) is 0 Å². The minimum Gasteiger partial charge on any atom is -0.377 e. The molecule has 1 saturated heterocycles. The Bertz CT molecular complexity index is 233. The Kier molecular flexibility index (Phi) is 2.52. The molecule has 0 aromatic heterocycles. The van der Waals surface area contributed by atoms with Crippen molar-refractivity contribution in [1.82, 2.24) is 0 Å². The maximum absolute atomic E-state index is 6.12. The number of hydrogen-bond acceptors (Lipinski definition) is 2. The first-order valence-electron chi connectivity index (χ1n) is 6.68. The van der Waals surface area contributed by atoms with Crippen LogP contribution in [0.2, 0.25) is 0 Å². The maximum atomic E-state index is 6.12. The molecule has 0 aromatic carbocycles. The Morgan fingerprint density at radius 1 is 1.13 bits per heavy atom. The van der Waals surface area contributed by atoms with Gasteiger partial charge in [-0.3, -0.25) is 0 Å². The van der Waals surface area contributed by atoms with Crippen LogP contribution in [-0.4, -0.2) is 19.3 Å². The molecule has 2 N–H and O–H groups in total. The first-order chi connectivity index (χ1) is 7.37. The van der Waals surface area contributed by atoms with E-state index in [1.807, 2.05) is 0 Å². The third kappa shape index (κ3) is 1.53. The lowest BCUT2D eigenvalue weighted by atomic mass is 9.68. The van der Waals surface area contributed by atoms with Crippen molar-refractivity contribution in [1.29, 1.82) is 0 Å². The van der Waals surface area contributed by atoms with Crippen molar-refractivity contribution in [2.45, 2.75) is 51.0 Å². The molecule has 2 aliphatic carbocycles. The van der Waals surface area contributed by atoms with Crippen LogP contribution >= 0.6 is 0 Å². The van der Waals surface area contributed by atoms with Gasteiger partial charge in [0.1, 0.15) is 0 Å². The topological polar surface area (TPSA) is 35.2 Å². The van der Waals surface area contributed by atoms with E-state index >= 15 is 0 Å². The number of hydrogen-bond donors (Lipinski definition) is 1. The summed E-state index contributed by atoms with van der Waals surface area (Å²) in [5.41, 5.74) is 6.50. The highest BCUT2D eigenvalue weighted by Crippen LogP contribution is 2.54. The smallest absolute Gasteiger partial charge is 0.0674 e. The van der Waals surface area contributed by atoms with Crippen LogP contribution in [0.5, 0.6) is 0 Å². The van der Waals surface area contributed by atoms with Crippen molar-refractivity contribution < 1.29 is 4.74 Å². The molecule has 15 heavy (non-hydrogen) atoms. The lowest BCUT2D eigenvalue weighted by Crippen LogP contribution is -2.44. The van der Waals surface area contributed by atoms with E-state index in [0.717, 1.165) is 25.0 Å². The first kappa shape index (κ1) is 10.1. The van der Waals surface area contributed by atoms with E-state index in [4.69, 9.17) is 10.5 Å². The van der Waals surface area contributed by atoms with Gasteiger partial charge in [-0.2, -0.15) is 0 Å². The van der Waals surface area contributed by atoms with Crippen LogP contribution in [0.3, 0.4) is 0 Å². The van der Waals surface area contributed by atoms with E-state index in [-0.39, 0.29) is 0 Å². The largest absolute Gasteiger partial charge is 0.377 e. The Morgan fingerprint density at radius 2 is 1.87 bits per heavy atom. The average Bonchev–Trinajstić information content (AvgIpc) is 2.83. The lowest BCUT2D eigenvalue weighted by Gasteiger charge is -2.38. The highest BCUT2D eigenvalue weighted by molar-refractivity contribution is 5.04. The van der Waals surface area contributed by atoms with Crippen molar-refractivity contribution in [3.05, 3.63) is 0 Å². The zero-order chi connectivity index (χ0) is 10.3. The van der Waals surface area contributed by atoms with Crippen LogP contribution in [0.25, 0.3) is 0 Å². The second-order valence-electron chi connectivity index (χ2n) is 5.80. The van der Waals surface area contributed by atoms with Crippen molar-refractivity contribution in [2.24, 2.45) is 23.0 Å². The fourth-order valence-electron chi connectivity index (χ4n) is 4.01. The number of rotatable bonds is 3. The van der Waals surface area contributed by atoms with E-state index in [9.17, 15) is 0 Å². The molecule has 3 aliphatic rings. The zero-order valence-corrected chi connectivity index (χ0v) is 9.58. The predicted molar refractivity (Wildman–Crippen MR) is 60.5 cm³/mol. The second kappa shape index (κ2) is 3.74. The summed E-state index contributed by atoms with van der Waals surface area (Å²) < 4.78 is 6.02. The highest BCUT2D eigenvalue weighted by atomic mass is 16.5. The van der Waals surface area contributed by atoms with Crippen LogP contribution in [0, 0.1) is 17.3 Å². The zero-order valence-electron chi connectivity index (χ0n) is 9.58. The molecule has 2 saturated carbocycles. The van der Waals surface area contributed by atoms with Gasteiger partial charge in [-0.25, -0.2) is 0 Å². The summed E-state index contributed by atoms with van der Waals surface area (Å²) in [7, 11) is 0. The fraction of sp³-hybridized carbons (Fsp3) is 1.00. The van der Waals surface area contributed by atoms with Crippen molar-refractivity contribution in [3.63, 3.8) is 0 Å². The normalized spacial score (nSPS) is 42.6. The molecule has 0 radical (unpaired) electrons. The molecule has 0 aromatic rings. The standard InChI is InChI=1S/C13H23NO/c14-9-13(11-3-1-2-4-11)7-8-15-12(13)10-5-6-10/h10-12H,1-9,14H2. The number of ether oxygens (including phenoxy) is 1. The van der Waals surface area contributed by atoms with Gasteiger partial charge < -0.3 is 10.5 Å². The Balaban J connectivity index is 1.82. The molecular weight excluding hydrogens is 186 g/mol. The molecule has 0 amide bonds. The van der Waals surface area contributed by atoms with Crippen LogP contribution in [-0.2, 0) is 4.74 Å². The lowest BCUT2D eigenvalue weighted by molar-refractivity contribution is 0.00517. The molecule has 2 atom stereocenters. The Labute approximate surface area is 92.6 Å². The van der Waals surface area contributed by atoms with E-state index in [0.29, 0.717) is 11.5 Å². The van der Waals surface area contributed by atoms with Gasteiger partial charge in [-0.05, 0) is 43.9 Å². The van der Waals surface area contributed by atoms with Gasteiger partial charge in [0.05, 0.1) is 6.10 Å². The Hall–Kier alpha value is -0.0800. The Morgan fingerprint density at radius 3 is 2.47 bits per heavy atom. The summed E-state index contributed by atoms with van der Waals surface area (Å²) in [4.78, 5) is 0. The summed E-state index contributed by atoms with van der Waals surface area (Å²) in [5.74, 6) is 1.73. The average molecular weight is 209 g/mol. The van der Waals surface area contributed by atoms with Crippen molar-refractivity contribution in [3.8, 4) is 0 Å². The molecule has 2 unspecified atom stereocenters. The van der Waals surface area contributed by atoms with Gasteiger partial charge in [0, 0.05) is 18.6 Å². The van der Waals surface area contributed by atoms with E-state index in [2.05, 4.69) is 0 Å². The van der Waals surface area contributed by atoms with Gasteiger partial charge in [0.25, 0.3) is 0 Å². The SMILES string of the molecule is NCC1(C2CCCC2)CCOC1C1CC1. The highest BCUT2D eigenvalue weighted by Gasteiger charge is 2.54. The quantitative estimate of drug-likeness (QED) is 0.774. The van der Waals surface area contributed by atoms with Crippen LogP contribution in [0.1, 0.15) is 44.9 Å². The molecule has 3 rings (SSSR count). The van der Waals surface area contributed by atoms with Crippen molar-refractivity contribution >= 4 is 0 Å². The number of nitrogens with two attached hydrogens (primary N) is 1. The van der Waals surface area contributed by atoms with E-state index in [1.165, 1.54) is 44.9 Å². The molecular formula is C13H23NO. The van der Waals surface area contributed by atoms with E-state index < -0.39 is 0 Å². The molecule has 0 spiro atoms.